The highest BCUT2D eigenvalue weighted by atomic mass is 16.5. The second kappa shape index (κ2) is 6.09. The Labute approximate surface area is 58.4 Å². The van der Waals surface area contributed by atoms with Crippen molar-refractivity contribution in [2.24, 2.45) is 5.92 Å². The molecule has 1 radical (unpaired) electrons. The molecule has 1 unspecified atom stereocenters. The van der Waals surface area contributed by atoms with E-state index in [0.29, 0.717) is 0 Å². The van der Waals surface area contributed by atoms with Gasteiger partial charge >= 0.3 is 0 Å². The topological polar surface area (TPSA) is 9.23 Å². The SMILES string of the molecule is [CH2]OCC(CC)CCC. The molecule has 1 atom stereocenters. The minimum absolute atomic E-state index is 0.729. The van der Waals surface area contributed by atoms with Crippen molar-refractivity contribution in [3.63, 3.8) is 0 Å². The molecule has 0 heterocycles. The van der Waals surface area contributed by atoms with E-state index in [2.05, 4.69) is 21.0 Å². The van der Waals surface area contributed by atoms with Crippen LogP contribution in [0.3, 0.4) is 0 Å². The maximum Gasteiger partial charge on any atom is 0.0700 e. The molecule has 1 nitrogen and oxygen atoms in total. The van der Waals surface area contributed by atoms with Crippen LogP contribution in [0.15, 0.2) is 0 Å². The Morgan fingerprint density at radius 3 is 2.44 bits per heavy atom. The molecule has 0 fully saturated rings. The van der Waals surface area contributed by atoms with Crippen LogP contribution in [0.1, 0.15) is 33.1 Å². The van der Waals surface area contributed by atoms with Gasteiger partial charge in [-0.15, -0.1) is 0 Å². The molecule has 0 aliphatic heterocycles. The lowest BCUT2D eigenvalue weighted by molar-refractivity contribution is 0.178. The maximum absolute atomic E-state index is 4.80. The summed E-state index contributed by atoms with van der Waals surface area (Å²) >= 11 is 0. The first kappa shape index (κ1) is 8.96. The molecule has 0 aromatic heterocycles. The van der Waals surface area contributed by atoms with Crippen LogP contribution in [0.2, 0.25) is 0 Å². The van der Waals surface area contributed by atoms with E-state index in [1.807, 2.05) is 0 Å². The summed E-state index contributed by atoms with van der Waals surface area (Å²) < 4.78 is 4.80. The fourth-order valence-corrected chi connectivity index (χ4v) is 0.980. The molecule has 0 aliphatic rings. The zero-order valence-corrected chi connectivity index (χ0v) is 6.52. The highest BCUT2D eigenvalue weighted by Crippen LogP contribution is 2.09. The van der Waals surface area contributed by atoms with Crippen LogP contribution in [0.5, 0.6) is 0 Å². The van der Waals surface area contributed by atoms with Crippen LogP contribution in [-0.4, -0.2) is 6.61 Å². The van der Waals surface area contributed by atoms with Gasteiger partial charge < -0.3 is 4.74 Å². The van der Waals surface area contributed by atoms with E-state index in [-0.39, 0.29) is 0 Å². The Morgan fingerprint density at radius 2 is 2.11 bits per heavy atom. The van der Waals surface area contributed by atoms with Crippen molar-refractivity contribution in [1.29, 1.82) is 0 Å². The van der Waals surface area contributed by atoms with Crippen molar-refractivity contribution < 1.29 is 4.74 Å². The van der Waals surface area contributed by atoms with Gasteiger partial charge in [0.15, 0.2) is 0 Å². The molecule has 0 spiro atoms. The van der Waals surface area contributed by atoms with Crippen molar-refractivity contribution in [1.82, 2.24) is 0 Å². The lowest BCUT2D eigenvalue weighted by Crippen LogP contribution is -2.04. The average Bonchev–Trinajstić information content (AvgIpc) is 1.88. The van der Waals surface area contributed by atoms with E-state index in [0.717, 1.165) is 12.5 Å². The first-order valence-electron chi connectivity index (χ1n) is 3.72. The summed E-state index contributed by atoms with van der Waals surface area (Å²) in [5, 5.41) is 0. The lowest BCUT2D eigenvalue weighted by atomic mass is 10.0. The van der Waals surface area contributed by atoms with E-state index >= 15 is 0 Å². The lowest BCUT2D eigenvalue weighted by Gasteiger charge is -2.10. The van der Waals surface area contributed by atoms with E-state index < -0.39 is 0 Å². The Bertz CT molecular complexity index is 46.5. The number of rotatable bonds is 5. The first-order chi connectivity index (χ1) is 4.35. The second-order valence-corrected chi connectivity index (χ2v) is 2.43. The second-order valence-electron chi connectivity index (χ2n) is 2.43. The molecule has 55 valence electrons. The summed E-state index contributed by atoms with van der Waals surface area (Å²) in [5.74, 6) is 0.729. The summed E-state index contributed by atoms with van der Waals surface area (Å²) in [4.78, 5) is 0. The molecule has 0 aromatic rings. The minimum atomic E-state index is 0.729. The van der Waals surface area contributed by atoms with Gasteiger partial charge in [0, 0.05) is 6.61 Å². The van der Waals surface area contributed by atoms with Crippen molar-refractivity contribution in [3.05, 3.63) is 7.11 Å². The highest BCUT2D eigenvalue weighted by molar-refractivity contribution is 4.53. The van der Waals surface area contributed by atoms with E-state index in [4.69, 9.17) is 4.74 Å². The maximum atomic E-state index is 4.80. The smallest absolute Gasteiger partial charge is 0.0700 e. The summed E-state index contributed by atoms with van der Waals surface area (Å²) in [6.07, 6.45) is 3.73. The third-order valence-electron chi connectivity index (χ3n) is 1.63. The number of hydrogen-bond acceptors (Lipinski definition) is 1. The molecule has 0 N–H and O–H groups in total. The van der Waals surface area contributed by atoms with Crippen LogP contribution >= 0.6 is 0 Å². The molecule has 0 rings (SSSR count). The molecule has 0 saturated heterocycles. The van der Waals surface area contributed by atoms with Gasteiger partial charge in [0.25, 0.3) is 0 Å². The molecule has 0 bridgehead atoms. The molecule has 1 heteroatoms. The van der Waals surface area contributed by atoms with Gasteiger partial charge in [0.1, 0.15) is 0 Å². The van der Waals surface area contributed by atoms with Crippen LogP contribution < -0.4 is 0 Å². The fourth-order valence-electron chi connectivity index (χ4n) is 0.980. The third-order valence-corrected chi connectivity index (χ3v) is 1.63. The zero-order valence-electron chi connectivity index (χ0n) is 6.52. The van der Waals surface area contributed by atoms with Gasteiger partial charge in [-0.05, 0) is 12.3 Å². The fraction of sp³-hybridized carbons (Fsp3) is 0.875. The van der Waals surface area contributed by atoms with Crippen molar-refractivity contribution in [3.8, 4) is 0 Å². The standard InChI is InChI=1S/C8H17O/c1-4-6-8(5-2)7-9-3/h8H,3-7H2,1-2H3. The van der Waals surface area contributed by atoms with Gasteiger partial charge in [-0.25, -0.2) is 0 Å². The van der Waals surface area contributed by atoms with E-state index in [9.17, 15) is 0 Å². The average molecular weight is 129 g/mol. The van der Waals surface area contributed by atoms with Crippen LogP contribution in [0.25, 0.3) is 0 Å². The normalized spacial score (nSPS) is 13.7. The van der Waals surface area contributed by atoms with Gasteiger partial charge in [-0.2, -0.15) is 0 Å². The van der Waals surface area contributed by atoms with E-state index in [1.54, 1.807) is 0 Å². The molecule has 0 saturated carbocycles. The zero-order chi connectivity index (χ0) is 7.11. The van der Waals surface area contributed by atoms with Gasteiger partial charge in [0.05, 0.1) is 7.11 Å². The van der Waals surface area contributed by atoms with Crippen LogP contribution in [0.4, 0.5) is 0 Å². The van der Waals surface area contributed by atoms with E-state index in [1.165, 1.54) is 19.3 Å². The molecular formula is C8H17O. The van der Waals surface area contributed by atoms with Gasteiger partial charge in [0.2, 0.25) is 0 Å². The predicted molar refractivity (Wildman–Crippen MR) is 40.0 cm³/mol. The summed E-state index contributed by atoms with van der Waals surface area (Å²) in [5.41, 5.74) is 0. The predicted octanol–water partition coefficient (Wildman–Crippen LogP) is 2.62. The summed E-state index contributed by atoms with van der Waals surface area (Å²) in [6, 6.07) is 0. The molecule has 0 aliphatic carbocycles. The Kier molecular flexibility index (Phi) is 6.06. The Balaban J connectivity index is 3.18. The summed E-state index contributed by atoms with van der Waals surface area (Å²) in [6.45, 7) is 5.22. The summed E-state index contributed by atoms with van der Waals surface area (Å²) in [7, 11) is 3.36. The molecule has 0 aromatic carbocycles. The Hall–Kier alpha value is -0.0400. The van der Waals surface area contributed by atoms with Gasteiger partial charge in [-0.3, -0.25) is 0 Å². The highest BCUT2D eigenvalue weighted by Gasteiger charge is 2.02. The number of ether oxygens (including phenoxy) is 1. The van der Waals surface area contributed by atoms with Gasteiger partial charge in [-0.1, -0.05) is 26.7 Å². The number of hydrogen-bond donors (Lipinski definition) is 0. The van der Waals surface area contributed by atoms with Crippen molar-refractivity contribution in [2.75, 3.05) is 6.61 Å². The molecular weight excluding hydrogens is 112 g/mol. The largest absolute Gasteiger partial charge is 0.379 e. The minimum Gasteiger partial charge on any atom is -0.379 e. The quantitative estimate of drug-likeness (QED) is 0.554. The van der Waals surface area contributed by atoms with Crippen LogP contribution in [-0.2, 0) is 4.74 Å². The van der Waals surface area contributed by atoms with Crippen molar-refractivity contribution >= 4 is 0 Å². The monoisotopic (exact) mass is 129 g/mol. The Morgan fingerprint density at radius 1 is 1.44 bits per heavy atom. The molecule has 0 amide bonds. The first-order valence-corrected chi connectivity index (χ1v) is 3.72. The third kappa shape index (κ3) is 4.46. The molecule has 9 heavy (non-hydrogen) atoms. The van der Waals surface area contributed by atoms with Crippen LogP contribution in [0, 0.1) is 13.0 Å². The van der Waals surface area contributed by atoms with Crippen molar-refractivity contribution in [2.45, 2.75) is 33.1 Å².